The van der Waals surface area contributed by atoms with Crippen molar-refractivity contribution in [3.8, 4) is 0 Å². The predicted molar refractivity (Wildman–Crippen MR) is 85.4 cm³/mol. The zero-order valence-corrected chi connectivity index (χ0v) is 12.9. The molecule has 0 bridgehead atoms. The van der Waals surface area contributed by atoms with Crippen molar-refractivity contribution in [2.24, 2.45) is 4.99 Å². The van der Waals surface area contributed by atoms with Crippen LogP contribution in [0.1, 0.15) is 12.0 Å². The molecule has 0 unspecified atom stereocenters. The molecule has 0 atom stereocenters. The van der Waals surface area contributed by atoms with E-state index in [1.165, 1.54) is 18.2 Å². The van der Waals surface area contributed by atoms with Gasteiger partial charge in [-0.25, -0.2) is 8.42 Å². The SMILES string of the molecule is O=C1CC(c2ccccc2)=Nc2cc(S(=O)(=O)Cl)ccc2N1. The molecule has 0 saturated heterocycles. The summed E-state index contributed by atoms with van der Waals surface area (Å²) in [5.74, 6) is -0.206. The Balaban J connectivity index is 2.16. The van der Waals surface area contributed by atoms with Gasteiger partial charge in [0.15, 0.2) is 0 Å². The number of benzene rings is 2. The van der Waals surface area contributed by atoms with E-state index in [2.05, 4.69) is 10.3 Å². The molecule has 1 aliphatic heterocycles. The van der Waals surface area contributed by atoms with Gasteiger partial charge in [-0.05, 0) is 23.8 Å². The van der Waals surface area contributed by atoms with Gasteiger partial charge in [-0.2, -0.15) is 0 Å². The fourth-order valence-corrected chi connectivity index (χ4v) is 2.96. The first-order chi connectivity index (χ1) is 10.4. The van der Waals surface area contributed by atoms with E-state index >= 15 is 0 Å². The van der Waals surface area contributed by atoms with Crippen molar-refractivity contribution in [1.82, 2.24) is 0 Å². The summed E-state index contributed by atoms with van der Waals surface area (Å²) in [6, 6.07) is 13.4. The van der Waals surface area contributed by atoms with Gasteiger partial charge in [0.25, 0.3) is 9.05 Å². The summed E-state index contributed by atoms with van der Waals surface area (Å²) in [5.41, 5.74) is 2.21. The minimum absolute atomic E-state index is 0.0553. The molecular formula is C15H11ClN2O3S. The third-order valence-electron chi connectivity index (χ3n) is 3.22. The Kier molecular flexibility index (Phi) is 3.72. The van der Waals surface area contributed by atoms with Gasteiger partial charge in [0, 0.05) is 10.7 Å². The maximum absolute atomic E-state index is 12.0. The maximum Gasteiger partial charge on any atom is 0.261 e. The predicted octanol–water partition coefficient (Wildman–Crippen LogP) is 3.08. The standard InChI is InChI=1S/C15H11ClN2O3S/c16-22(20,21)11-6-7-12-14(8-11)17-13(9-15(19)18-12)10-4-2-1-3-5-10/h1-8H,9H2,(H,18,19). The van der Waals surface area contributed by atoms with Crippen LogP contribution in [0.5, 0.6) is 0 Å². The van der Waals surface area contributed by atoms with E-state index < -0.39 is 9.05 Å². The number of carbonyl (C=O) groups is 1. The van der Waals surface area contributed by atoms with Crippen LogP contribution in [0.2, 0.25) is 0 Å². The number of anilines is 1. The highest BCUT2D eigenvalue weighted by atomic mass is 35.7. The lowest BCUT2D eigenvalue weighted by molar-refractivity contribution is -0.115. The van der Waals surface area contributed by atoms with Crippen molar-refractivity contribution in [1.29, 1.82) is 0 Å². The molecule has 3 rings (SSSR count). The minimum atomic E-state index is -3.85. The molecule has 0 saturated carbocycles. The van der Waals surface area contributed by atoms with E-state index in [1.54, 1.807) is 0 Å². The Morgan fingerprint density at radius 2 is 1.82 bits per heavy atom. The fraction of sp³-hybridized carbons (Fsp3) is 0.0667. The van der Waals surface area contributed by atoms with E-state index in [4.69, 9.17) is 10.7 Å². The van der Waals surface area contributed by atoms with Crippen molar-refractivity contribution < 1.29 is 13.2 Å². The summed E-state index contributed by atoms with van der Waals surface area (Å²) >= 11 is 0. The normalized spacial score (nSPS) is 14.6. The first kappa shape index (κ1) is 14.7. The van der Waals surface area contributed by atoms with Gasteiger partial charge in [0.1, 0.15) is 0 Å². The van der Waals surface area contributed by atoms with Crippen LogP contribution in [0.15, 0.2) is 58.4 Å². The molecule has 0 radical (unpaired) electrons. The fourth-order valence-electron chi connectivity index (χ4n) is 2.19. The van der Waals surface area contributed by atoms with E-state index in [-0.39, 0.29) is 17.2 Å². The van der Waals surface area contributed by atoms with Gasteiger partial charge in [0.2, 0.25) is 5.91 Å². The van der Waals surface area contributed by atoms with Crippen LogP contribution in [0.3, 0.4) is 0 Å². The van der Waals surface area contributed by atoms with Gasteiger partial charge < -0.3 is 5.32 Å². The summed E-state index contributed by atoms with van der Waals surface area (Å²) in [7, 11) is 1.51. The Bertz CT molecular complexity index is 877. The zero-order chi connectivity index (χ0) is 15.7. The van der Waals surface area contributed by atoms with Crippen molar-refractivity contribution >= 4 is 42.7 Å². The van der Waals surface area contributed by atoms with Crippen LogP contribution in [0.4, 0.5) is 11.4 Å². The molecule has 0 spiro atoms. The third kappa shape index (κ3) is 3.03. The quantitative estimate of drug-likeness (QED) is 0.857. The molecule has 0 aliphatic carbocycles. The number of rotatable bonds is 2. The molecule has 1 heterocycles. The molecule has 0 aromatic heterocycles. The van der Waals surface area contributed by atoms with Crippen LogP contribution >= 0.6 is 10.7 Å². The van der Waals surface area contributed by atoms with Gasteiger partial charge in [0.05, 0.1) is 28.4 Å². The largest absolute Gasteiger partial charge is 0.324 e. The third-order valence-corrected chi connectivity index (χ3v) is 4.57. The number of hydrogen-bond acceptors (Lipinski definition) is 4. The second-order valence-electron chi connectivity index (χ2n) is 4.77. The highest BCUT2D eigenvalue weighted by Gasteiger charge is 2.19. The number of nitrogens with zero attached hydrogens (tertiary/aromatic N) is 1. The number of fused-ring (bicyclic) bond motifs is 1. The van der Waals surface area contributed by atoms with Crippen molar-refractivity contribution in [2.75, 3.05) is 5.32 Å². The van der Waals surface area contributed by atoms with Crippen molar-refractivity contribution in [3.05, 3.63) is 54.1 Å². The molecule has 112 valence electrons. The molecule has 2 aromatic carbocycles. The van der Waals surface area contributed by atoms with Crippen LogP contribution in [-0.4, -0.2) is 20.0 Å². The van der Waals surface area contributed by atoms with Gasteiger partial charge >= 0.3 is 0 Å². The Labute approximate surface area is 132 Å². The van der Waals surface area contributed by atoms with E-state index in [1.807, 2.05) is 30.3 Å². The Hall–Kier alpha value is -2.18. The number of halogens is 1. The summed E-state index contributed by atoms with van der Waals surface area (Å²) in [5, 5.41) is 2.71. The van der Waals surface area contributed by atoms with Crippen LogP contribution in [0.25, 0.3) is 0 Å². The number of nitrogens with one attached hydrogen (secondary N) is 1. The van der Waals surface area contributed by atoms with Crippen LogP contribution < -0.4 is 5.32 Å². The lowest BCUT2D eigenvalue weighted by Gasteiger charge is -2.05. The van der Waals surface area contributed by atoms with Crippen molar-refractivity contribution in [3.63, 3.8) is 0 Å². The number of carbonyl (C=O) groups excluding carboxylic acids is 1. The van der Waals surface area contributed by atoms with E-state index in [9.17, 15) is 13.2 Å². The lowest BCUT2D eigenvalue weighted by atomic mass is 10.1. The van der Waals surface area contributed by atoms with Crippen molar-refractivity contribution in [2.45, 2.75) is 11.3 Å². The van der Waals surface area contributed by atoms with E-state index in [0.717, 1.165) is 5.56 Å². The summed E-state index contributed by atoms with van der Waals surface area (Å²) in [4.78, 5) is 16.4. The van der Waals surface area contributed by atoms with Gasteiger partial charge in [-0.1, -0.05) is 30.3 Å². The average molecular weight is 335 g/mol. The number of aliphatic imine (C=N–C) groups is 1. The topological polar surface area (TPSA) is 75.6 Å². The molecular weight excluding hydrogens is 324 g/mol. The molecule has 5 nitrogen and oxygen atoms in total. The minimum Gasteiger partial charge on any atom is -0.324 e. The zero-order valence-electron chi connectivity index (χ0n) is 11.3. The van der Waals surface area contributed by atoms with Gasteiger partial charge in [-0.15, -0.1) is 0 Å². The van der Waals surface area contributed by atoms with Crippen LogP contribution in [0, 0.1) is 0 Å². The second kappa shape index (κ2) is 5.55. The summed E-state index contributed by atoms with van der Waals surface area (Å²) in [6.07, 6.45) is 0.113. The second-order valence-corrected chi connectivity index (χ2v) is 7.33. The monoisotopic (exact) mass is 334 g/mol. The average Bonchev–Trinajstić information content (AvgIpc) is 2.64. The summed E-state index contributed by atoms with van der Waals surface area (Å²) in [6.45, 7) is 0. The first-order valence-corrected chi connectivity index (χ1v) is 8.76. The molecule has 0 fully saturated rings. The van der Waals surface area contributed by atoms with Crippen LogP contribution in [-0.2, 0) is 13.8 Å². The molecule has 2 aromatic rings. The molecule has 22 heavy (non-hydrogen) atoms. The maximum atomic E-state index is 12.0. The highest BCUT2D eigenvalue weighted by Crippen LogP contribution is 2.32. The lowest BCUT2D eigenvalue weighted by Crippen LogP contribution is -2.14. The molecule has 7 heteroatoms. The molecule has 1 aliphatic rings. The van der Waals surface area contributed by atoms with Gasteiger partial charge in [-0.3, -0.25) is 9.79 Å². The highest BCUT2D eigenvalue weighted by molar-refractivity contribution is 8.13. The molecule has 1 amide bonds. The Morgan fingerprint density at radius 3 is 2.50 bits per heavy atom. The number of hydrogen-bond donors (Lipinski definition) is 1. The first-order valence-electron chi connectivity index (χ1n) is 6.45. The number of amides is 1. The smallest absolute Gasteiger partial charge is 0.261 e. The Morgan fingerprint density at radius 1 is 1.09 bits per heavy atom. The summed E-state index contributed by atoms with van der Waals surface area (Å²) < 4.78 is 22.9. The van der Waals surface area contributed by atoms with E-state index in [0.29, 0.717) is 17.1 Å². The molecule has 1 N–H and O–H groups in total.